The highest BCUT2D eigenvalue weighted by Gasteiger charge is 2.32. The second-order valence-electron chi connectivity index (χ2n) is 6.63. The molecule has 0 saturated carbocycles. The molecule has 1 aromatic rings. The molecule has 0 aromatic heterocycles. The minimum Gasteiger partial charge on any atom is -0.495 e. The maximum atomic E-state index is 12.7. The number of hydrogen-bond acceptors (Lipinski definition) is 6. The Bertz CT molecular complexity index is 735. The summed E-state index contributed by atoms with van der Waals surface area (Å²) in [7, 11) is 1.62. The van der Waals surface area contributed by atoms with Crippen LogP contribution in [0.1, 0.15) is 0 Å². The van der Waals surface area contributed by atoms with E-state index in [1.165, 1.54) is 0 Å². The summed E-state index contributed by atoms with van der Waals surface area (Å²) in [5.41, 5.74) is 0.966. The first-order valence-corrected chi connectivity index (χ1v) is 9.16. The molecule has 2 atom stereocenters. The fourth-order valence-electron chi connectivity index (χ4n) is 3.35. The predicted molar refractivity (Wildman–Crippen MR) is 101 cm³/mol. The number of amides is 4. The van der Waals surface area contributed by atoms with E-state index >= 15 is 0 Å². The average Bonchev–Trinajstić information content (AvgIpc) is 3.18. The predicted octanol–water partition coefficient (Wildman–Crippen LogP) is -1.50. The lowest BCUT2D eigenvalue weighted by atomic mass is 10.2. The number of methoxy groups -OCH3 is 1. The van der Waals surface area contributed by atoms with Gasteiger partial charge in [-0.25, -0.2) is 4.79 Å². The molecule has 4 N–H and O–H groups in total. The van der Waals surface area contributed by atoms with Crippen LogP contribution >= 0.6 is 0 Å². The van der Waals surface area contributed by atoms with E-state index in [2.05, 4.69) is 20.9 Å². The minimum absolute atomic E-state index is 0.147. The summed E-state index contributed by atoms with van der Waals surface area (Å²) in [5.74, 6) is -0.0683. The van der Waals surface area contributed by atoms with E-state index in [-0.39, 0.29) is 12.5 Å². The smallest absolute Gasteiger partial charge is 0.315 e. The highest BCUT2D eigenvalue weighted by Crippen LogP contribution is 2.28. The van der Waals surface area contributed by atoms with Crippen molar-refractivity contribution in [1.82, 2.24) is 20.9 Å². The van der Waals surface area contributed by atoms with Crippen LogP contribution in [0, 0.1) is 0 Å². The van der Waals surface area contributed by atoms with Gasteiger partial charge in [0.1, 0.15) is 17.8 Å². The molecule has 2 heterocycles. The van der Waals surface area contributed by atoms with Crippen molar-refractivity contribution >= 4 is 23.5 Å². The molecule has 2 aliphatic rings. The second-order valence-corrected chi connectivity index (χ2v) is 6.63. The number of hydrogen-bond donors (Lipinski definition) is 4. The summed E-state index contributed by atoms with van der Waals surface area (Å²) in [6, 6.07) is 5.47. The highest BCUT2D eigenvalue weighted by atomic mass is 16.5. The molecule has 10 heteroatoms. The molecule has 4 amide bonds. The Morgan fingerprint density at radius 2 is 2.00 bits per heavy atom. The number of piperazine rings is 1. The van der Waals surface area contributed by atoms with Gasteiger partial charge in [-0.1, -0.05) is 12.1 Å². The Kier molecular flexibility index (Phi) is 6.19. The number of aliphatic hydroxyl groups excluding tert-OH is 1. The summed E-state index contributed by atoms with van der Waals surface area (Å²) in [4.78, 5) is 39.8. The molecule has 2 fully saturated rings. The minimum atomic E-state index is -1.04. The molecule has 2 saturated heterocycles. The van der Waals surface area contributed by atoms with E-state index in [4.69, 9.17) is 4.74 Å². The monoisotopic (exact) mass is 391 g/mol. The van der Waals surface area contributed by atoms with Crippen LogP contribution in [0.25, 0.3) is 0 Å². The van der Waals surface area contributed by atoms with E-state index in [0.717, 1.165) is 11.4 Å². The number of aliphatic hydroxyl groups is 1. The Balaban J connectivity index is 1.56. The number of para-hydroxylation sites is 2. The molecule has 28 heavy (non-hydrogen) atoms. The molecular formula is C18H25N5O5. The third-order valence-corrected chi connectivity index (χ3v) is 4.90. The summed E-state index contributed by atoms with van der Waals surface area (Å²) in [6.45, 7) is 1.79. The van der Waals surface area contributed by atoms with E-state index in [1.54, 1.807) is 12.0 Å². The lowest BCUT2D eigenvalue weighted by Gasteiger charge is -2.38. The lowest BCUT2D eigenvalue weighted by molar-refractivity contribution is -0.138. The number of ether oxygens (including phenoxy) is 1. The highest BCUT2D eigenvalue weighted by molar-refractivity contribution is 5.93. The second kappa shape index (κ2) is 8.79. The van der Waals surface area contributed by atoms with Gasteiger partial charge in [0.25, 0.3) is 0 Å². The molecule has 0 aliphatic carbocycles. The number of nitrogens with zero attached hydrogens (tertiary/aromatic N) is 2. The maximum Gasteiger partial charge on any atom is 0.315 e. The van der Waals surface area contributed by atoms with Crippen molar-refractivity contribution in [3.8, 4) is 5.75 Å². The zero-order chi connectivity index (χ0) is 20.1. The zero-order valence-corrected chi connectivity index (χ0v) is 15.7. The zero-order valence-electron chi connectivity index (χ0n) is 15.7. The van der Waals surface area contributed by atoms with Gasteiger partial charge in [-0.3, -0.25) is 9.59 Å². The molecule has 1 aromatic carbocycles. The van der Waals surface area contributed by atoms with Gasteiger partial charge in [-0.15, -0.1) is 0 Å². The SMILES string of the molecule is COc1ccccc1N1CCN(C(=O)[C@H](CO)NC(=O)C2CNC(=O)N2)CC1. The molecule has 152 valence electrons. The Hall–Kier alpha value is -3.01. The first-order chi connectivity index (χ1) is 13.5. The van der Waals surface area contributed by atoms with E-state index in [9.17, 15) is 19.5 Å². The number of urea groups is 1. The number of benzene rings is 1. The molecule has 10 nitrogen and oxygen atoms in total. The van der Waals surface area contributed by atoms with Crippen molar-refractivity contribution < 1.29 is 24.2 Å². The van der Waals surface area contributed by atoms with Crippen LogP contribution in [0.15, 0.2) is 24.3 Å². The third-order valence-electron chi connectivity index (χ3n) is 4.90. The van der Waals surface area contributed by atoms with Crippen molar-refractivity contribution in [3.63, 3.8) is 0 Å². The molecule has 0 bridgehead atoms. The molecule has 0 spiro atoms. The molecular weight excluding hydrogens is 366 g/mol. The van der Waals surface area contributed by atoms with E-state index in [0.29, 0.717) is 26.2 Å². The molecule has 2 aliphatic heterocycles. The number of carbonyl (C=O) groups is 3. The normalized spacial score (nSPS) is 20.2. The Morgan fingerprint density at radius 3 is 2.61 bits per heavy atom. The van der Waals surface area contributed by atoms with Gasteiger partial charge in [0.05, 0.1) is 19.4 Å². The summed E-state index contributed by atoms with van der Waals surface area (Å²) in [6.07, 6.45) is 0. The number of anilines is 1. The van der Waals surface area contributed by atoms with Crippen molar-refractivity contribution in [2.45, 2.75) is 12.1 Å². The van der Waals surface area contributed by atoms with Gasteiger partial charge in [-0.2, -0.15) is 0 Å². The van der Waals surface area contributed by atoms with Crippen LogP contribution in [-0.4, -0.2) is 86.4 Å². The van der Waals surface area contributed by atoms with E-state index < -0.39 is 30.6 Å². The van der Waals surface area contributed by atoms with Crippen molar-refractivity contribution in [2.24, 2.45) is 0 Å². The number of nitrogens with one attached hydrogen (secondary N) is 3. The fraction of sp³-hybridized carbons (Fsp3) is 0.500. The first-order valence-electron chi connectivity index (χ1n) is 9.16. The Morgan fingerprint density at radius 1 is 1.29 bits per heavy atom. The first kappa shape index (κ1) is 19.7. The molecule has 1 unspecified atom stereocenters. The van der Waals surface area contributed by atoms with Gasteiger partial charge in [-0.05, 0) is 12.1 Å². The van der Waals surface area contributed by atoms with Crippen LogP contribution in [0.3, 0.4) is 0 Å². The van der Waals surface area contributed by atoms with Crippen LogP contribution < -0.4 is 25.6 Å². The number of carbonyl (C=O) groups excluding carboxylic acids is 3. The largest absolute Gasteiger partial charge is 0.495 e. The van der Waals surface area contributed by atoms with Gasteiger partial charge in [0, 0.05) is 32.7 Å². The quantitative estimate of drug-likeness (QED) is 0.468. The van der Waals surface area contributed by atoms with Crippen LogP contribution in [-0.2, 0) is 9.59 Å². The molecule has 3 rings (SSSR count). The van der Waals surface area contributed by atoms with E-state index in [1.807, 2.05) is 24.3 Å². The van der Waals surface area contributed by atoms with Gasteiger partial charge in [0.15, 0.2) is 0 Å². The van der Waals surface area contributed by atoms with Crippen LogP contribution in [0.2, 0.25) is 0 Å². The van der Waals surface area contributed by atoms with Crippen LogP contribution in [0.5, 0.6) is 5.75 Å². The van der Waals surface area contributed by atoms with Crippen molar-refractivity contribution in [1.29, 1.82) is 0 Å². The Labute approximate surface area is 162 Å². The fourth-order valence-corrected chi connectivity index (χ4v) is 3.35. The maximum absolute atomic E-state index is 12.7. The summed E-state index contributed by atoms with van der Waals surface area (Å²) in [5, 5.41) is 17.0. The summed E-state index contributed by atoms with van der Waals surface area (Å²) < 4.78 is 5.39. The topological polar surface area (TPSA) is 123 Å². The van der Waals surface area contributed by atoms with Crippen LogP contribution in [0.4, 0.5) is 10.5 Å². The molecule has 0 radical (unpaired) electrons. The average molecular weight is 391 g/mol. The number of rotatable bonds is 6. The van der Waals surface area contributed by atoms with Gasteiger partial charge >= 0.3 is 6.03 Å². The lowest BCUT2D eigenvalue weighted by Crippen LogP contribution is -2.58. The standard InChI is InChI=1S/C18H25N5O5/c1-28-15-5-3-2-4-14(15)22-6-8-23(9-7-22)17(26)13(11-24)20-16(25)12-10-19-18(27)21-12/h2-5,12-13,24H,6-11H2,1H3,(H,20,25)(H2,19,21,27)/t12?,13-/m0/s1. The van der Waals surface area contributed by atoms with Gasteiger partial charge in [0.2, 0.25) is 11.8 Å². The van der Waals surface area contributed by atoms with Crippen molar-refractivity contribution in [2.75, 3.05) is 51.3 Å². The third kappa shape index (κ3) is 4.28. The van der Waals surface area contributed by atoms with Crippen molar-refractivity contribution in [3.05, 3.63) is 24.3 Å². The van der Waals surface area contributed by atoms with Gasteiger partial charge < -0.3 is 35.6 Å². The summed E-state index contributed by atoms with van der Waals surface area (Å²) >= 11 is 0.